The van der Waals surface area contributed by atoms with Gasteiger partial charge in [-0.1, -0.05) is 40.4 Å². The molecule has 0 unspecified atom stereocenters. The fraction of sp³-hybridized carbons (Fsp3) is 1.00. The van der Waals surface area contributed by atoms with Crippen molar-refractivity contribution in [3.63, 3.8) is 0 Å². The summed E-state index contributed by atoms with van der Waals surface area (Å²) in [5.74, 6) is 0.985. The van der Waals surface area contributed by atoms with E-state index in [9.17, 15) is 0 Å². The van der Waals surface area contributed by atoms with Crippen LogP contribution in [0, 0.1) is 11.3 Å². The molecular weight excluding hydrogens is 136 g/mol. The van der Waals surface area contributed by atoms with E-state index in [2.05, 4.69) is 40.4 Å². The Kier molecular flexibility index (Phi) is 1.56. The monoisotopic (exact) mass is 156 g/mol. The molecule has 0 bridgehead atoms. The largest absolute Gasteiger partial charge is 0.0693 e. The van der Waals surface area contributed by atoms with E-state index in [1.807, 2.05) is 0 Å². The van der Waals surface area contributed by atoms with Crippen LogP contribution in [0.15, 0.2) is 0 Å². The van der Waals surface area contributed by atoms with Crippen molar-refractivity contribution in [2.45, 2.75) is 46.0 Å². The first-order valence-corrected chi connectivity index (χ1v) is 7.85. The molecule has 0 N–H and O–H groups in total. The number of hydrogen-bond acceptors (Lipinski definition) is 0. The fourth-order valence-corrected chi connectivity index (χ4v) is 7.09. The van der Waals surface area contributed by atoms with Crippen LogP contribution in [-0.4, -0.2) is 8.07 Å². The van der Waals surface area contributed by atoms with Crippen LogP contribution in [0.2, 0.25) is 25.2 Å². The second-order valence-electron chi connectivity index (χ2n) is 5.45. The van der Waals surface area contributed by atoms with Gasteiger partial charge in [-0.25, -0.2) is 0 Å². The van der Waals surface area contributed by atoms with Crippen molar-refractivity contribution in [3.8, 4) is 0 Å². The molecule has 0 heterocycles. The summed E-state index contributed by atoms with van der Waals surface area (Å²) in [6, 6.07) is 0. The molecule has 0 radical (unpaired) electrons. The zero-order valence-electron chi connectivity index (χ0n) is 8.15. The Balaban J connectivity index is 2.66. The van der Waals surface area contributed by atoms with Crippen molar-refractivity contribution in [1.29, 1.82) is 0 Å². The van der Waals surface area contributed by atoms with Gasteiger partial charge in [-0.2, -0.15) is 0 Å². The summed E-state index contributed by atoms with van der Waals surface area (Å²) in [6.45, 7) is 14.7. The normalized spacial score (nSPS) is 37.8. The van der Waals surface area contributed by atoms with Gasteiger partial charge in [0.05, 0.1) is 0 Å². The molecule has 0 amide bonds. The van der Waals surface area contributed by atoms with Gasteiger partial charge in [0.1, 0.15) is 0 Å². The van der Waals surface area contributed by atoms with E-state index in [-0.39, 0.29) is 0 Å². The number of hydrogen-bond donors (Lipinski definition) is 0. The Labute approximate surface area is 66.0 Å². The molecule has 0 aromatic carbocycles. The predicted octanol–water partition coefficient (Wildman–Crippen LogP) is 3.37. The van der Waals surface area contributed by atoms with E-state index in [1.54, 1.807) is 0 Å². The van der Waals surface area contributed by atoms with Crippen molar-refractivity contribution in [2.24, 2.45) is 11.3 Å². The van der Waals surface area contributed by atoms with Crippen LogP contribution in [0.5, 0.6) is 0 Å². The lowest BCUT2D eigenvalue weighted by Crippen LogP contribution is -2.22. The Morgan fingerprint density at radius 3 is 1.40 bits per heavy atom. The molecule has 0 aromatic heterocycles. The van der Waals surface area contributed by atoms with Crippen LogP contribution in [0.4, 0.5) is 0 Å². The van der Waals surface area contributed by atoms with Gasteiger partial charge in [-0.05, 0) is 16.9 Å². The van der Waals surface area contributed by atoms with Crippen LogP contribution in [0.25, 0.3) is 0 Å². The van der Waals surface area contributed by atoms with Gasteiger partial charge in [-0.15, -0.1) is 0 Å². The lowest BCUT2D eigenvalue weighted by Gasteiger charge is -2.17. The molecule has 0 aliphatic heterocycles. The van der Waals surface area contributed by atoms with Crippen LogP contribution in [0.3, 0.4) is 0 Å². The average Bonchev–Trinajstić information content (AvgIpc) is 2.03. The Bertz CT molecular complexity index is 131. The van der Waals surface area contributed by atoms with Crippen molar-refractivity contribution in [3.05, 3.63) is 0 Å². The van der Waals surface area contributed by atoms with E-state index in [1.165, 1.54) is 0 Å². The van der Waals surface area contributed by atoms with Gasteiger partial charge in [0.15, 0.2) is 0 Å². The minimum absolute atomic E-state index is 0.671. The SMILES string of the molecule is C[C@@H]1[C@@H]([Si](C)(C)C)C1(C)C. The van der Waals surface area contributed by atoms with Crippen molar-refractivity contribution in [1.82, 2.24) is 0 Å². The molecule has 1 aliphatic carbocycles. The summed E-state index contributed by atoms with van der Waals surface area (Å²) >= 11 is 0. The minimum atomic E-state index is -0.822. The van der Waals surface area contributed by atoms with E-state index in [4.69, 9.17) is 0 Å². The third kappa shape index (κ3) is 1.05. The van der Waals surface area contributed by atoms with Gasteiger partial charge in [-0.3, -0.25) is 0 Å². The smallest absolute Gasteiger partial charge is 0.0482 e. The second-order valence-corrected chi connectivity index (χ2v) is 10.8. The summed E-state index contributed by atoms with van der Waals surface area (Å²) < 4.78 is 0. The zero-order valence-corrected chi connectivity index (χ0v) is 9.15. The topological polar surface area (TPSA) is 0 Å². The van der Waals surface area contributed by atoms with Crippen LogP contribution < -0.4 is 0 Å². The van der Waals surface area contributed by atoms with E-state index in [0.717, 1.165) is 11.5 Å². The van der Waals surface area contributed by atoms with Crippen molar-refractivity contribution in [2.75, 3.05) is 0 Å². The lowest BCUT2D eigenvalue weighted by atomic mass is 10.1. The highest BCUT2D eigenvalue weighted by Gasteiger charge is 2.59. The molecule has 0 spiro atoms. The van der Waals surface area contributed by atoms with Crippen LogP contribution in [-0.2, 0) is 0 Å². The highest BCUT2D eigenvalue weighted by atomic mass is 28.3. The van der Waals surface area contributed by atoms with Gasteiger partial charge in [0.25, 0.3) is 0 Å². The molecule has 1 saturated carbocycles. The molecule has 1 heteroatoms. The molecule has 2 atom stereocenters. The quantitative estimate of drug-likeness (QED) is 0.511. The molecule has 1 rings (SSSR count). The maximum absolute atomic E-state index is 2.49. The third-order valence-electron chi connectivity index (χ3n) is 3.30. The summed E-state index contributed by atoms with van der Waals surface area (Å²) in [4.78, 5) is 0. The van der Waals surface area contributed by atoms with Crippen LogP contribution in [0.1, 0.15) is 20.8 Å². The maximum atomic E-state index is 2.49. The molecular formula is C9H20Si. The van der Waals surface area contributed by atoms with Crippen molar-refractivity contribution >= 4 is 8.07 Å². The summed E-state index contributed by atoms with van der Waals surface area (Å²) in [7, 11) is -0.822. The summed E-state index contributed by atoms with van der Waals surface area (Å²) in [5, 5.41) is 0. The fourth-order valence-electron chi connectivity index (χ4n) is 2.76. The van der Waals surface area contributed by atoms with E-state index < -0.39 is 8.07 Å². The van der Waals surface area contributed by atoms with Gasteiger partial charge < -0.3 is 0 Å². The lowest BCUT2D eigenvalue weighted by molar-refractivity contribution is 0.584. The van der Waals surface area contributed by atoms with Crippen LogP contribution >= 0.6 is 0 Å². The third-order valence-corrected chi connectivity index (χ3v) is 6.41. The average molecular weight is 156 g/mol. The summed E-state index contributed by atoms with van der Waals surface area (Å²) in [5.41, 5.74) is 1.74. The highest BCUT2D eigenvalue weighted by molar-refractivity contribution is 6.78. The first-order chi connectivity index (χ1) is 4.28. The molecule has 0 nitrogen and oxygen atoms in total. The molecule has 0 aromatic rings. The Hall–Kier alpha value is 0.217. The molecule has 0 saturated heterocycles. The first kappa shape index (κ1) is 8.31. The Morgan fingerprint density at radius 1 is 1.10 bits per heavy atom. The molecule has 60 valence electrons. The highest BCUT2D eigenvalue weighted by Crippen LogP contribution is 2.67. The van der Waals surface area contributed by atoms with Crippen molar-refractivity contribution < 1.29 is 0 Å². The molecule has 1 aliphatic rings. The number of rotatable bonds is 1. The zero-order chi connectivity index (χ0) is 8.15. The Morgan fingerprint density at radius 2 is 1.40 bits per heavy atom. The second kappa shape index (κ2) is 1.88. The first-order valence-electron chi connectivity index (χ1n) is 4.28. The van der Waals surface area contributed by atoms with Gasteiger partial charge in [0, 0.05) is 8.07 Å². The molecule has 10 heavy (non-hydrogen) atoms. The predicted molar refractivity (Wildman–Crippen MR) is 50.0 cm³/mol. The summed E-state index contributed by atoms with van der Waals surface area (Å²) in [6.07, 6.45) is 0. The molecule has 1 fully saturated rings. The van der Waals surface area contributed by atoms with E-state index >= 15 is 0 Å². The van der Waals surface area contributed by atoms with Gasteiger partial charge >= 0.3 is 0 Å². The minimum Gasteiger partial charge on any atom is -0.0693 e. The standard InChI is InChI=1S/C9H20Si/c1-7-8(9(7,2)3)10(4,5)6/h7-8H,1-6H3/t7-,8-/m1/s1. The van der Waals surface area contributed by atoms with E-state index in [0.29, 0.717) is 5.41 Å². The maximum Gasteiger partial charge on any atom is 0.0482 e. The van der Waals surface area contributed by atoms with Gasteiger partial charge in [0.2, 0.25) is 0 Å².